The number of aliphatic carboxylic acids is 1. The number of nitrogens with two attached hydrogens (primary N) is 1. The van der Waals surface area contributed by atoms with E-state index >= 15 is 0 Å². The fraction of sp³-hybridized carbons (Fsp3) is 0.833. The van der Waals surface area contributed by atoms with E-state index in [0.29, 0.717) is 6.54 Å². The Labute approximate surface area is 60.6 Å². The molecule has 4 heteroatoms. The number of likely N-dealkylation sites (N-methyl/N-ethyl adjacent to an activating group) is 1. The van der Waals surface area contributed by atoms with Crippen molar-refractivity contribution < 1.29 is 9.90 Å². The van der Waals surface area contributed by atoms with Gasteiger partial charge in [-0.25, -0.2) is 0 Å². The summed E-state index contributed by atoms with van der Waals surface area (Å²) in [5.74, 6) is -0.971. The SMILES string of the molecule is CN(C)C[C@@](C)(N)C(=O)O. The van der Waals surface area contributed by atoms with Crippen LogP contribution in [0, 0.1) is 0 Å². The molecule has 1 atom stereocenters. The van der Waals surface area contributed by atoms with Crippen molar-refractivity contribution in [3.05, 3.63) is 0 Å². The van der Waals surface area contributed by atoms with E-state index in [1.165, 1.54) is 6.92 Å². The number of nitrogens with zero attached hydrogens (tertiary/aromatic N) is 1. The van der Waals surface area contributed by atoms with E-state index < -0.39 is 11.5 Å². The van der Waals surface area contributed by atoms with E-state index in [1.54, 1.807) is 19.0 Å². The standard InChI is InChI=1S/C6H14N2O2/c1-6(7,5(9)10)4-8(2)3/h4,7H2,1-3H3,(H,9,10)/t6-/m1/s1. The predicted octanol–water partition coefficient (Wildman–Crippen LogP) is -0.650. The Balaban J connectivity index is 4.00. The average molecular weight is 146 g/mol. The molecule has 0 spiro atoms. The van der Waals surface area contributed by atoms with E-state index in [-0.39, 0.29) is 0 Å². The van der Waals surface area contributed by atoms with Crippen LogP contribution in [0.15, 0.2) is 0 Å². The van der Waals surface area contributed by atoms with Crippen molar-refractivity contribution in [2.75, 3.05) is 20.6 Å². The lowest BCUT2D eigenvalue weighted by atomic mass is 10.0. The highest BCUT2D eigenvalue weighted by atomic mass is 16.4. The molecule has 0 aliphatic carbocycles. The van der Waals surface area contributed by atoms with Crippen molar-refractivity contribution in [1.82, 2.24) is 4.90 Å². The van der Waals surface area contributed by atoms with Gasteiger partial charge in [-0.05, 0) is 21.0 Å². The summed E-state index contributed by atoms with van der Waals surface area (Å²) < 4.78 is 0. The van der Waals surface area contributed by atoms with Crippen molar-refractivity contribution in [1.29, 1.82) is 0 Å². The van der Waals surface area contributed by atoms with Crippen LogP contribution in [0.2, 0.25) is 0 Å². The minimum atomic E-state index is -1.14. The summed E-state index contributed by atoms with van der Waals surface area (Å²) in [4.78, 5) is 12.1. The summed E-state index contributed by atoms with van der Waals surface area (Å²) in [6.07, 6.45) is 0. The van der Waals surface area contributed by atoms with Gasteiger partial charge in [0.15, 0.2) is 0 Å². The summed E-state index contributed by atoms with van der Waals surface area (Å²) in [7, 11) is 3.57. The molecule has 0 amide bonds. The molecule has 0 saturated carbocycles. The van der Waals surface area contributed by atoms with Gasteiger partial charge in [-0.2, -0.15) is 0 Å². The summed E-state index contributed by atoms with van der Waals surface area (Å²) in [5, 5.41) is 8.54. The second-order valence-corrected chi connectivity index (χ2v) is 2.96. The maximum atomic E-state index is 10.4. The van der Waals surface area contributed by atoms with Gasteiger partial charge >= 0.3 is 5.97 Å². The quantitative estimate of drug-likeness (QED) is 0.555. The van der Waals surface area contributed by atoms with Gasteiger partial charge in [-0.3, -0.25) is 4.79 Å². The molecule has 0 aromatic heterocycles. The van der Waals surface area contributed by atoms with Crippen LogP contribution in [0.25, 0.3) is 0 Å². The molecule has 4 nitrogen and oxygen atoms in total. The Bertz CT molecular complexity index is 132. The molecule has 0 aliphatic heterocycles. The van der Waals surface area contributed by atoms with E-state index in [1.807, 2.05) is 0 Å². The number of carboxylic acids is 1. The molecule has 0 heterocycles. The van der Waals surface area contributed by atoms with Crippen molar-refractivity contribution in [2.24, 2.45) is 5.73 Å². The second kappa shape index (κ2) is 2.98. The van der Waals surface area contributed by atoms with Gasteiger partial charge < -0.3 is 15.7 Å². The molecule has 0 aromatic rings. The van der Waals surface area contributed by atoms with E-state index in [0.717, 1.165) is 0 Å². The summed E-state index contributed by atoms with van der Waals surface area (Å²) in [6.45, 7) is 1.84. The molecule has 60 valence electrons. The Morgan fingerprint density at radius 3 is 2.20 bits per heavy atom. The molecule has 0 fully saturated rings. The average Bonchev–Trinajstić information content (AvgIpc) is 1.60. The zero-order valence-corrected chi connectivity index (χ0v) is 6.59. The van der Waals surface area contributed by atoms with Crippen molar-refractivity contribution >= 4 is 5.97 Å². The first-order valence-electron chi connectivity index (χ1n) is 3.03. The first-order chi connectivity index (χ1) is 4.36. The third-order valence-electron chi connectivity index (χ3n) is 1.13. The minimum Gasteiger partial charge on any atom is -0.480 e. The molecule has 10 heavy (non-hydrogen) atoms. The maximum absolute atomic E-state index is 10.4. The molecule has 0 rings (SSSR count). The Morgan fingerprint density at radius 1 is 1.70 bits per heavy atom. The molecular weight excluding hydrogens is 132 g/mol. The Hall–Kier alpha value is -0.610. The maximum Gasteiger partial charge on any atom is 0.324 e. The van der Waals surface area contributed by atoms with Crippen molar-refractivity contribution in [2.45, 2.75) is 12.5 Å². The van der Waals surface area contributed by atoms with Crippen molar-refractivity contribution in [3.63, 3.8) is 0 Å². The fourth-order valence-corrected chi connectivity index (χ4v) is 0.725. The van der Waals surface area contributed by atoms with E-state index in [9.17, 15) is 4.79 Å². The molecule has 0 unspecified atom stereocenters. The van der Waals surface area contributed by atoms with Crippen LogP contribution in [-0.2, 0) is 4.79 Å². The predicted molar refractivity (Wildman–Crippen MR) is 38.8 cm³/mol. The van der Waals surface area contributed by atoms with Crippen molar-refractivity contribution in [3.8, 4) is 0 Å². The van der Waals surface area contributed by atoms with Gasteiger partial charge in [0.2, 0.25) is 0 Å². The van der Waals surface area contributed by atoms with Gasteiger partial charge in [-0.1, -0.05) is 0 Å². The number of carbonyl (C=O) groups is 1. The number of hydrogen-bond acceptors (Lipinski definition) is 3. The van der Waals surface area contributed by atoms with E-state index in [4.69, 9.17) is 10.8 Å². The van der Waals surface area contributed by atoms with Crippen LogP contribution in [0.4, 0.5) is 0 Å². The zero-order chi connectivity index (χ0) is 8.36. The van der Waals surface area contributed by atoms with Crippen LogP contribution in [-0.4, -0.2) is 42.2 Å². The van der Waals surface area contributed by atoms with Crippen LogP contribution >= 0.6 is 0 Å². The monoisotopic (exact) mass is 146 g/mol. The zero-order valence-electron chi connectivity index (χ0n) is 6.59. The lowest BCUT2D eigenvalue weighted by Crippen LogP contribution is -2.52. The lowest BCUT2D eigenvalue weighted by molar-refractivity contribution is -0.143. The highest BCUT2D eigenvalue weighted by molar-refractivity contribution is 5.78. The van der Waals surface area contributed by atoms with Gasteiger partial charge in [0.1, 0.15) is 5.54 Å². The molecule has 0 aromatic carbocycles. The van der Waals surface area contributed by atoms with Gasteiger partial charge in [0.05, 0.1) is 0 Å². The number of rotatable bonds is 3. The lowest BCUT2D eigenvalue weighted by Gasteiger charge is -2.22. The van der Waals surface area contributed by atoms with Gasteiger partial charge in [0.25, 0.3) is 0 Å². The molecule has 0 saturated heterocycles. The first-order valence-corrected chi connectivity index (χ1v) is 3.03. The topological polar surface area (TPSA) is 66.6 Å². The van der Waals surface area contributed by atoms with Gasteiger partial charge in [0, 0.05) is 6.54 Å². The van der Waals surface area contributed by atoms with Crippen LogP contribution in [0.5, 0.6) is 0 Å². The first kappa shape index (κ1) is 9.39. The normalized spacial score (nSPS) is 16.9. The Kier molecular flexibility index (Phi) is 2.80. The largest absolute Gasteiger partial charge is 0.480 e. The fourth-order valence-electron chi connectivity index (χ4n) is 0.725. The molecular formula is C6H14N2O2. The minimum absolute atomic E-state index is 0.350. The second-order valence-electron chi connectivity index (χ2n) is 2.96. The summed E-state index contributed by atoms with van der Waals surface area (Å²) >= 11 is 0. The smallest absolute Gasteiger partial charge is 0.324 e. The third-order valence-corrected chi connectivity index (χ3v) is 1.13. The third kappa shape index (κ3) is 2.80. The Morgan fingerprint density at radius 2 is 2.10 bits per heavy atom. The molecule has 0 aliphatic rings. The van der Waals surface area contributed by atoms with Crippen LogP contribution < -0.4 is 5.73 Å². The highest BCUT2D eigenvalue weighted by Gasteiger charge is 2.27. The number of hydrogen-bond donors (Lipinski definition) is 2. The molecule has 0 radical (unpaired) electrons. The summed E-state index contributed by atoms with van der Waals surface area (Å²) in [5.41, 5.74) is 4.28. The van der Waals surface area contributed by atoms with Crippen LogP contribution in [0.3, 0.4) is 0 Å². The molecule has 0 bridgehead atoms. The van der Waals surface area contributed by atoms with Gasteiger partial charge in [-0.15, -0.1) is 0 Å². The summed E-state index contributed by atoms with van der Waals surface area (Å²) in [6, 6.07) is 0. The van der Waals surface area contributed by atoms with Crippen LogP contribution in [0.1, 0.15) is 6.92 Å². The highest BCUT2D eigenvalue weighted by Crippen LogP contribution is 1.99. The van der Waals surface area contributed by atoms with E-state index in [2.05, 4.69) is 0 Å². The number of carboxylic acid groups (broad SMARTS) is 1. The molecule has 3 N–H and O–H groups in total.